The number of hydrogen-bond acceptors (Lipinski definition) is 4. The van der Waals surface area contributed by atoms with Crippen molar-refractivity contribution in [1.82, 2.24) is 20.3 Å². The van der Waals surface area contributed by atoms with Crippen LogP contribution in [0.25, 0.3) is 17.3 Å². The fourth-order valence-corrected chi connectivity index (χ4v) is 2.96. The van der Waals surface area contributed by atoms with Crippen molar-refractivity contribution in [2.45, 2.75) is 25.3 Å². The van der Waals surface area contributed by atoms with Gasteiger partial charge in [-0.05, 0) is 24.5 Å². The molecule has 0 bridgehead atoms. The zero-order valence-corrected chi connectivity index (χ0v) is 17.5. The highest BCUT2D eigenvalue weighted by Crippen LogP contribution is 2.32. The first-order chi connectivity index (χ1) is 16.1. The lowest BCUT2D eigenvalue weighted by atomic mass is 10.1. The maximum atomic E-state index is 14.0. The van der Waals surface area contributed by atoms with Crippen molar-refractivity contribution < 1.29 is 31.1 Å². The molecule has 0 fully saturated rings. The van der Waals surface area contributed by atoms with Crippen molar-refractivity contribution in [3.63, 3.8) is 0 Å². The molecule has 1 amide bonds. The Morgan fingerprint density at radius 2 is 1.68 bits per heavy atom. The Hall–Kier alpha value is -3.83. The summed E-state index contributed by atoms with van der Waals surface area (Å²) in [6.07, 6.45) is 3.32. The summed E-state index contributed by atoms with van der Waals surface area (Å²) in [6.45, 7) is 0.0726. The van der Waals surface area contributed by atoms with E-state index in [4.69, 9.17) is 5.73 Å². The molecule has 0 spiro atoms. The second kappa shape index (κ2) is 10.4. The molecule has 0 aliphatic heterocycles. The Morgan fingerprint density at radius 3 is 2.32 bits per heavy atom. The Labute approximate surface area is 190 Å². The summed E-state index contributed by atoms with van der Waals surface area (Å²) in [4.78, 5) is 11.7. The molecule has 0 aliphatic rings. The van der Waals surface area contributed by atoms with Crippen LogP contribution in [0.4, 0.5) is 32.0 Å². The highest BCUT2D eigenvalue weighted by molar-refractivity contribution is 5.86. The van der Waals surface area contributed by atoms with Crippen molar-refractivity contribution in [1.29, 1.82) is 0 Å². The minimum Gasteiger partial charge on any atom is -0.394 e. The van der Waals surface area contributed by atoms with Crippen LogP contribution in [-0.4, -0.2) is 33.4 Å². The van der Waals surface area contributed by atoms with Gasteiger partial charge in [-0.2, -0.15) is 8.78 Å². The summed E-state index contributed by atoms with van der Waals surface area (Å²) in [5, 5.41) is 9.26. The molecule has 0 unspecified atom stereocenters. The molecule has 0 saturated heterocycles. The SMILES string of the molecule is Nc1c(F)c(F)c(-c2cn(CCCCNC(=O)C(F)(F)/C=C/c3ccccc3)nn2)c(F)c1F. The van der Waals surface area contributed by atoms with Crippen LogP contribution < -0.4 is 11.1 Å². The quantitative estimate of drug-likeness (QED) is 0.205. The van der Waals surface area contributed by atoms with Gasteiger partial charge in [0, 0.05) is 13.1 Å². The molecule has 12 heteroatoms. The van der Waals surface area contributed by atoms with Gasteiger partial charge in [0.2, 0.25) is 0 Å². The van der Waals surface area contributed by atoms with Gasteiger partial charge in [-0.1, -0.05) is 41.6 Å². The van der Waals surface area contributed by atoms with Crippen molar-refractivity contribution in [3.8, 4) is 11.3 Å². The summed E-state index contributed by atoms with van der Waals surface area (Å²) >= 11 is 0. The van der Waals surface area contributed by atoms with Gasteiger partial charge in [0.25, 0.3) is 5.91 Å². The van der Waals surface area contributed by atoms with E-state index in [1.54, 1.807) is 30.3 Å². The van der Waals surface area contributed by atoms with Gasteiger partial charge in [0.05, 0.1) is 11.8 Å². The highest BCUT2D eigenvalue weighted by atomic mass is 19.3. The molecule has 180 valence electrons. The van der Waals surface area contributed by atoms with Crippen LogP contribution in [0, 0.1) is 23.3 Å². The van der Waals surface area contributed by atoms with Crippen molar-refractivity contribution in [2.24, 2.45) is 0 Å². The van der Waals surface area contributed by atoms with Crippen molar-refractivity contribution in [2.75, 3.05) is 12.3 Å². The number of anilines is 1. The summed E-state index contributed by atoms with van der Waals surface area (Å²) in [5.41, 5.74) is 2.71. The third kappa shape index (κ3) is 5.56. The number of amides is 1. The summed E-state index contributed by atoms with van der Waals surface area (Å²) in [7, 11) is 0. The highest BCUT2D eigenvalue weighted by Gasteiger charge is 2.35. The number of aryl methyl sites for hydroxylation is 1. The Morgan fingerprint density at radius 1 is 1.03 bits per heavy atom. The number of aromatic nitrogens is 3. The summed E-state index contributed by atoms with van der Waals surface area (Å²) in [5.74, 6) is -12.0. The molecule has 0 aliphatic carbocycles. The van der Waals surface area contributed by atoms with Crippen molar-refractivity contribution in [3.05, 3.63) is 71.4 Å². The summed E-state index contributed by atoms with van der Waals surface area (Å²) < 4.78 is 84.4. The number of nitrogens with two attached hydrogens (primary N) is 1. The van der Waals surface area contributed by atoms with Crippen LogP contribution in [-0.2, 0) is 11.3 Å². The van der Waals surface area contributed by atoms with E-state index in [2.05, 4.69) is 15.6 Å². The van der Waals surface area contributed by atoms with Crippen molar-refractivity contribution >= 4 is 17.7 Å². The number of alkyl halides is 2. The van der Waals surface area contributed by atoms with Crippen LogP contribution in [0.5, 0.6) is 0 Å². The maximum Gasteiger partial charge on any atom is 0.343 e. The minimum atomic E-state index is -3.70. The number of nitrogen functional groups attached to an aromatic ring is 1. The molecule has 6 nitrogen and oxygen atoms in total. The lowest BCUT2D eigenvalue weighted by Crippen LogP contribution is -2.39. The predicted molar refractivity (Wildman–Crippen MR) is 112 cm³/mol. The molecule has 0 atom stereocenters. The first-order valence-electron chi connectivity index (χ1n) is 10.0. The zero-order valence-electron chi connectivity index (χ0n) is 17.5. The number of halogens is 6. The number of nitrogens with zero attached hydrogens (tertiary/aromatic N) is 3. The molecule has 0 radical (unpaired) electrons. The Kier molecular flexibility index (Phi) is 7.59. The standard InChI is InChI=1S/C22H19F6N5O/c23-16-15(17(24)19(26)20(29)18(16)25)14-12-33(32-31-14)11-5-4-10-30-21(34)22(27,28)9-8-13-6-2-1-3-7-13/h1-3,6-9,12H,4-5,10-11,29H2,(H,30,34)/b9-8+. The first kappa shape index (κ1) is 24.8. The number of hydrogen-bond donors (Lipinski definition) is 2. The Bertz CT molecular complexity index is 1170. The lowest BCUT2D eigenvalue weighted by molar-refractivity contribution is -0.139. The van der Waals surface area contributed by atoms with Crippen LogP contribution in [0.1, 0.15) is 18.4 Å². The fraction of sp³-hybridized carbons (Fsp3) is 0.227. The zero-order chi connectivity index (χ0) is 24.9. The van der Waals surface area contributed by atoms with Gasteiger partial charge in [-0.3, -0.25) is 9.48 Å². The van der Waals surface area contributed by atoms with Gasteiger partial charge in [0.1, 0.15) is 11.4 Å². The summed E-state index contributed by atoms with van der Waals surface area (Å²) in [6, 6.07) is 8.31. The number of carbonyl (C=O) groups excluding carboxylic acids is 1. The van der Waals surface area contributed by atoms with Gasteiger partial charge >= 0.3 is 5.92 Å². The van der Waals surface area contributed by atoms with Crippen LogP contribution in [0.15, 0.2) is 42.6 Å². The number of nitrogens with one attached hydrogen (secondary N) is 1. The maximum absolute atomic E-state index is 14.0. The van der Waals surface area contributed by atoms with E-state index in [0.717, 1.165) is 17.0 Å². The molecule has 2 aromatic carbocycles. The molecular weight excluding hydrogens is 464 g/mol. The average Bonchev–Trinajstić information content (AvgIpc) is 3.29. The number of rotatable bonds is 9. The van der Waals surface area contributed by atoms with Crippen LogP contribution >= 0.6 is 0 Å². The normalized spacial score (nSPS) is 11.8. The first-order valence-corrected chi connectivity index (χ1v) is 10.0. The molecule has 34 heavy (non-hydrogen) atoms. The fourth-order valence-electron chi connectivity index (χ4n) is 2.96. The van der Waals surface area contributed by atoms with Gasteiger partial charge < -0.3 is 11.1 Å². The minimum absolute atomic E-state index is 0.0627. The molecule has 3 rings (SSSR count). The van der Waals surface area contributed by atoms with Gasteiger partial charge in [-0.25, -0.2) is 17.6 Å². The smallest absolute Gasteiger partial charge is 0.343 e. The average molecular weight is 483 g/mol. The molecule has 1 heterocycles. The van der Waals surface area contributed by atoms with E-state index < -0.39 is 52.0 Å². The van der Waals surface area contributed by atoms with Gasteiger partial charge in [-0.15, -0.1) is 5.10 Å². The molecular formula is C22H19F6N5O. The molecule has 1 aromatic heterocycles. The molecule has 3 N–H and O–H groups in total. The van der Waals surface area contributed by atoms with Gasteiger partial charge in [0.15, 0.2) is 23.3 Å². The topological polar surface area (TPSA) is 85.8 Å². The molecule has 0 saturated carbocycles. The lowest BCUT2D eigenvalue weighted by Gasteiger charge is -2.12. The largest absolute Gasteiger partial charge is 0.394 e. The number of carbonyl (C=O) groups is 1. The van der Waals surface area contributed by atoms with E-state index in [9.17, 15) is 31.1 Å². The Balaban J connectivity index is 1.50. The third-order valence-electron chi connectivity index (χ3n) is 4.78. The van der Waals surface area contributed by atoms with Crippen LogP contribution in [0.3, 0.4) is 0 Å². The number of unbranched alkanes of at least 4 members (excludes halogenated alkanes) is 1. The predicted octanol–water partition coefficient (Wildman–Crippen LogP) is 4.33. The molecule has 3 aromatic rings. The second-order valence-electron chi connectivity index (χ2n) is 7.24. The van der Waals surface area contributed by atoms with E-state index in [1.807, 2.05) is 0 Å². The second-order valence-corrected chi connectivity index (χ2v) is 7.24. The van der Waals surface area contributed by atoms with Crippen LogP contribution in [0.2, 0.25) is 0 Å². The third-order valence-corrected chi connectivity index (χ3v) is 4.78. The van der Waals surface area contributed by atoms with E-state index >= 15 is 0 Å². The van der Waals surface area contributed by atoms with E-state index in [1.165, 1.54) is 0 Å². The van der Waals surface area contributed by atoms with E-state index in [0.29, 0.717) is 18.1 Å². The van der Waals surface area contributed by atoms with E-state index in [-0.39, 0.29) is 19.5 Å². The number of benzene rings is 2. The monoisotopic (exact) mass is 483 g/mol.